The summed E-state index contributed by atoms with van der Waals surface area (Å²) in [4.78, 5) is 14.0. The second-order valence-corrected chi connectivity index (χ2v) is 5.51. The first-order valence-electron chi connectivity index (χ1n) is 5.90. The Hall–Kier alpha value is -1.52. The van der Waals surface area contributed by atoms with E-state index >= 15 is 0 Å². The average molecular weight is 355 g/mol. The Morgan fingerprint density at radius 3 is 2.70 bits per heavy atom. The molecule has 0 saturated carbocycles. The van der Waals surface area contributed by atoms with E-state index in [0.717, 1.165) is 10.2 Å². The summed E-state index contributed by atoms with van der Waals surface area (Å²) in [6, 6.07) is 12.5. The van der Waals surface area contributed by atoms with Gasteiger partial charge in [-0.15, -0.1) is 0 Å². The van der Waals surface area contributed by atoms with Crippen molar-refractivity contribution in [2.24, 2.45) is 0 Å². The van der Waals surface area contributed by atoms with Crippen LogP contribution in [0.5, 0.6) is 5.75 Å². The molecule has 0 aliphatic heterocycles. The zero-order valence-electron chi connectivity index (χ0n) is 11.1. The molecular weight excluding hydrogens is 342 g/mol. The van der Waals surface area contributed by atoms with E-state index in [9.17, 15) is 4.79 Å². The summed E-state index contributed by atoms with van der Waals surface area (Å²) in [5.41, 5.74) is 1.19. The zero-order valence-corrected chi connectivity index (χ0v) is 13.4. The first kappa shape index (κ1) is 14.9. The van der Waals surface area contributed by atoms with E-state index in [1.165, 1.54) is 4.90 Å². The van der Waals surface area contributed by atoms with E-state index in [0.29, 0.717) is 16.3 Å². The van der Waals surface area contributed by atoms with Crippen molar-refractivity contribution in [3.05, 3.63) is 57.5 Å². The van der Waals surface area contributed by atoms with Crippen LogP contribution >= 0.6 is 27.5 Å². The molecule has 0 atom stereocenters. The molecule has 0 aromatic heterocycles. The highest BCUT2D eigenvalue weighted by Crippen LogP contribution is 2.26. The molecule has 104 valence electrons. The largest absolute Gasteiger partial charge is 0.497 e. The van der Waals surface area contributed by atoms with Gasteiger partial charge >= 0.3 is 0 Å². The van der Waals surface area contributed by atoms with Crippen LogP contribution in [0.1, 0.15) is 10.4 Å². The second kappa shape index (κ2) is 6.29. The summed E-state index contributed by atoms with van der Waals surface area (Å²) in [6.45, 7) is 0. The van der Waals surface area contributed by atoms with Crippen molar-refractivity contribution in [1.29, 1.82) is 0 Å². The van der Waals surface area contributed by atoms with Gasteiger partial charge in [0, 0.05) is 23.3 Å². The van der Waals surface area contributed by atoms with Crippen molar-refractivity contribution >= 4 is 39.1 Å². The normalized spacial score (nSPS) is 10.2. The summed E-state index contributed by atoms with van der Waals surface area (Å²) in [5.74, 6) is 0.520. The smallest absolute Gasteiger partial charge is 0.259 e. The van der Waals surface area contributed by atoms with Gasteiger partial charge in [0.1, 0.15) is 5.75 Å². The van der Waals surface area contributed by atoms with E-state index in [2.05, 4.69) is 15.9 Å². The summed E-state index contributed by atoms with van der Waals surface area (Å²) < 4.78 is 5.97. The fourth-order valence-corrected chi connectivity index (χ4v) is 2.34. The van der Waals surface area contributed by atoms with Crippen LogP contribution in [0, 0.1) is 0 Å². The lowest BCUT2D eigenvalue weighted by Crippen LogP contribution is -2.26. The van der Waals surface area contributed by atoms with Crippen LogP contribution in [0.4, 0.5) is 5.69 Å². The molecule has 0 N–H and O–H groups in total. The number of nitrogens with zero attached hydrogens (tertiary/aromatic N) is 1. The summed E-state index contributed by atoms with van der Waals surface area (Å²) in [5, 5.41) is 0.424. The molecule has 3 nitrogen and oxygen atoms in total. The zero-order chi connectivity index (χ0) is 14.7. The number of benzene rings is 2. The number of methoxy groups -OCH3 is 1. The number of halogens is 2. The predicted molar refractivity (Wildman–Crippen MR) is 84.9 cm³/mol. The molecule has 0 radical (unpaired) electrons. The highest BCUT2D eigenvalue weighted by Gasteiger charge is 2.17. The molecule has 2 rings (SSSR count). The molecule has 1 amide bonds. The van der Waals surface area contributed by atoms with Gasteiger partial charge in [0.25, 0.3) is 5.91 Å². The van der Waals surface area contributed by atoms with Gasteiger partial charge in [0.15, 0.2) is 0 Å². The molecule has 0 spiro atoms. The van der Waals surface area contributed by atoms with E-state index < -0.39 is 0 Å². The Labute approximate surface area is 131 Å². The van der Waals surface area contributed by atoms with Crippen molar-refractivity contribution in [2.75, 3.05) is 19.1 Å². The quantitative estimate of drug-likeness (QED) is 0.818. The van der Waals surface area contributed by atoms with Crippen LogP contribution in [0.3, 0.4) is 0 Å². The third-order valence-electron chi connectivity index (χ3n) is 2.90. The standard InChI is InChI=1S/C15H13BrClNO2/c1-18(11-4-3-5-12(9-11)20-2)15(19)13-8-10(16)6-7-14(13)17/h3-9H,1-2H3. The highest BCUT2D eigenvalue weighted by molar-refractivity contribution is 9.10. The maximum Gasteiger partial charge on any atom is 0.259 e. The Balaban J connectivity index is 2.34. The van der Waals surface area contributed by atoms with Crippen molar-refractivity contribution < 1.29 is 9.53 Å². The Morgan fingerprint density at radius 2 is 2.00 bits per heavy atom. The number of hydrogen-bond acceptors (Lipinski definition) is 2. The van der Waals surface area contributed by atoms with Gasteiger partial charge in [0.2, 0.25) is 0 Å². The number of anilines is 1. The van der Waals surface area contributed by atoms with E-state index in [1.54, 1.807) is 38.4 Å². The Kier molecular flexibility index (Phi) is 4.68. The number of rotatable bonds is 3. The van der Waals surface area contributed by atoms with Gasteiger partial charge in [-0.1, -0.05) is 33.6 Å². The number of amides is 1. The van der Waals surface area contributed by atoms with E-state index in [4.69, 9.17) is 16.3 Å². The molecule has 5 heteroatoms. The van der Waals surface area contributed by atoms with Crippen LogP contribution in [0.25, 0.3) is 0 Å². The molecule has 0 aliphatic rings. The minimum Gasteiger partial charge on any atom is -0.497 e. The maximum absolute atomic E-state index is 12.5. The first-order chi connectivity index (χ1) is 9.52. The molecule has 0 aliphatic carbocycles. The summed E-state index contributed by atoms with van der Waals surface area (Å²) in [6.07, 6.45) is 0. The van der Waals surface area contributed by atoms with Crippen molar-refractivity contribution in [3.63, 3.8) is 0 Å². The van der Waals surface area contributed by atoms with Gasteiger partial charge in [-0.05, 0) is 30.3 Å². The molecule has 0 bridgehead atoms. The third-order valence-corrected chi connectivity index (χ3v) is 3.73. The first-order valence-corrected chi connectivity index (χ1v) is 7.07. The monoisotopic (exact) mass is 353 g/mol. The molecule has 0 saturated heterocycles. The number of carbonyl (C=O) groups is 1. The van der Waals surface area contributed by atoms with Gasteiger partial charge in [-0.2, -0.15) is 0 Å². The van der Waals surface area contributed by atoms with Crippen LogP contribution < -0.4 is 9.64 Å². The van der Waals surface area contributed by atoms with Crippen LogP contribution in [-0.2, 0) is 0 Å². The molecular formula is C15H13BrClNO2. The van der Waals surface area contributed by atoms with Crippen molar-refractivity contribution in [2.45, 2.75) is 0 Å². The molecule has 0 unspecified atom stereocenters. The lowest BCUT2D eigenvalue weighted by atomic mass is 10.2. The Morgan fingerprint density at radius 1 is 1.25 bits per heavy atom. The van der Waals surface area contributed by atoms with Gasteiger partial charge in [-0.25, -0.2) is 0 Å². The van der Waals surface area contributed by atoms with Crippen molar-refractivity contribution in [1.82, 2.24) is 0 Å². The van der Waals surface area contributed by atoms with Gasteiger partial charge in [0.05, 0.1) is 17.7 Å². The van der Waals surface area contributed by atoms with Gasteiger partial charge < -0.3 is 9.64 Å². The van der Waals surface area contributed by atoms with Crippen molar-refractivity contribution in [3.8, 4) is 5.75 Å². The number of hydrogen-bond donors (Lipinski definition) is 0. The van der Waals surface area contributed by atoms with Crippen LogP contribution in [0.2, 0.25) is 5.02 Å². The minimum atomic E-state index is -0.176. The summed E-state index contributed by atoms with van der Waals surface area (Å²) in [7, 11) is 3.29. The maximum atomic E-state index is 12.5. The Bertz CT molecular complexity index is 646. The van der Waals surface area contributed by atoms with Gasteiger partial charge in [-0.3, -0.25) is 4.79 Å². The topological polar surface area (TPSA) is 29.5 Å². The van der Waals surface area contributed by atoms with Crippen LogP contribution in [-0.4, -0.2) is 20.1 Å². The third kappa shape index (κ3) is 3.14. The fraction of sp³-hybridized carbons (Fsp3) is 0.133. The molecule has 2 aromatic carbocycles. The number of ether oxygens (including phenoxy) is 1. The molecule has 0 fully saturated rings. The molecule has 0 heterocycles. The average Bonchev–Trinajstić information content (AvgIpc) is 2.48. The molecule has 2 aromatic rings. The number of carbonyl (C=O) groups excluding carboxylic acids is 1. The summed E-state index contributed by atoms with van der Waals surface area (Å²) >= 11 is 9.43. The fourth-order valence-electron chi connectivity index (χ4n) is 1.78. The lowest BCUT2D eigenvalue weighted by Gasteiger charge is -2.18. The van der Waals surface area contributed by atoms with Crippen LogP contribution in [0.15, 0.2) is 46.9 Å². The predicted octanol–water partition coefficient (Wildman–Crippen LogP) is 4.39. The minimum absolute atomic E-state index is 0.176. The molecule has 20 heavy (non-hydrogen) atoms. The second-order valence-electron chi connectivity index (χ2n) is 4.19. The SMILES string of the molecule is COc1cccc(N(C)C(=O)c2cc(Br)ccc2Cl)c1. The van der Waals surface area contributed by atoms with E-state index in [-0.39, 0.29) is 5.91 Å². The highest BCUT2D eigenvalue weighted by atomic mass is 79.9. The lowest BCUT2D eigenvalue weighted by molar-refractivity contribution is 0.0993. The van der Waals surface area contributed by atoms with E-state index in [1.807, 2.05) is 18.2 Å².